The fourth-order valence-electron chi connectivity index (χ4n) is 2.18. The summed E-state index contributed by atoms with van der Waals surface area (Å²) in [6.45, 7) is 3.09. The lowest BCUT2D eigenvalue weighted by atomic mass is 10.3. The molecule has 0 radical (unpaired) electrons. The average molecular weight is 284 g/mol. The van der Waals surface area contributed by atoms with Gasteiger partial charge in [0.25, 0.3) is 5.56 Å². The highest BCUT2D eigenvalue weighted by atomic mass is 16.1. The molecule has 0 unspecified atom stereocenters. The fourth-order valence-corrected chi connectivity index (χ4v) is 2.18. The minimum Gasteiger partial charge on any atom is -0.370 e. The highest BCUT2D eigenvalue weighted by Crippen LogP contribution is 2.19. The second-order valence-corrected chi connectivity index (χ2v) is 4.69. The average Bonchev–Trinajstić information content (AvgIpc) is 2.84. The Morgan fingerprint density at radius 1 is 1.29 bits per heavy atom. The maximum Gasteiger partial charge on any atom is 0.250 e. The molecule has 108 valence electrons. The third-order valence-corrected chi connectivity index (χ3v) is 3.19. The summed E-state index contributed by atoms with van der Waals surface area (Å²) in [5.41, 5.74) is 0.677. The Bertz CT molecular complexity index is 835. The number of pyridine rings is 1. The van der Waals surface area contributed by atoms with Crippen molar-refractivity contribution in [3.05, 3.63) is 46.8 Å². The van der Waals surface area contributed by atoms with Crippen molar-refractivity contribution >= 4 is 16.9 Å². The van der Waals surface area contributed by atoms with Crippen molar-refractivity contribution in [3.8, 4) is 0 Å². The van der Waals surface area contributed by atoms with Crippen LogP contribution in [-0.4, -0.2) is 30.9 Å². The third kappa shape index (κ3) is 2.49. The minimum atomic E-state index is -0.0730. The van der Waals surface area contributed by atoms with Crippen LogP contribution in [0.15, 0.2) is 35.4 Å². The molecule has 0 atom stereocenters. The quantitative estimate of drug-likeness (QED) is 0.773. The number of anilines is 1. The fraction of sp³-hybridized carbons (Fsp3) is 0.286. The van der Waals surface area contributed by atoms with Crippen molar-refractivity contribution in [2.75, 3.05) is 11.9 Å². The summed E-state index contributed by atoms with van der Waals surface area (Å²) in [7, 11) is 1.84. The molecule has 0 spiro atoms. The van der Waals surface area contributed by atoms with E-state index in [9.17, 15) is 4.79 Å². The molecule has 0 amide bonds. The first-order chi connectivity index (χ1) is 10.2. The first-order valence-electron chi connectivity index (χ1n) is 6.77. The van der Waals surface area contributed by atoms with E-state index < -0.39 is 0 Å². The number of aryl methyl sites for hydroxylation is 1. The Morgan fingerprint density at radius 2 is 2.14 bits per heavy atom. The molecule has 3 heterocycles. The first-order valence-corrected chi connectivity index (χ1v) is 6.77. The highest BCUT2D eigenvalue weighted by molar-refractivity contribution is 5.86. The van der Waals surface area contributed by atoms with Crippen LogP contribution in [0.25, 0.3) is 11.0 Å². The summed E-state index contributed by atoms with van der Waals surface area (Å²) in [5, 5.41) is 8.30. The van der Waals surface area contributed by atoms with Gasteiger partial charge in [-0.2, -0.15) is 5.10 Å². The molecular formula is C14H16N6O. The van der Waals surface area contributed by atoms with Crippen molar-refractivity contribution < 1.29 is 0 Å². The van der Waals surface area contributed by atoms with Crippen LogP contribution >= 0.6 is 0 Å². The van der Waals surface area contributed by atoms with Gasteiger partial charge in [0.15, 0.2) is 11.5 Å². The van der Waals surface area contributed by atoms with Crippen LogP contribution in [0.2, 0.25) is 0 Å². The topological polar surface area (TPSA) is 77.6 Å². The van der Waals surface area contributed by atoms with Gasteiger partial charge in [-0.15, -0.1) is 0 Å². The molecular weight excluding hydrogens is 268 g/mol. The molecule has 0 fully saturated rings. The van der Waals surface area contributed by atoms with E-state index in [4.69, 9.17) is 0 Å². The zero-order valence-electron chi connectivity index (χ0n) is 11.9. The minimum absolute atomic E-state index is 0.0730. The van der Waals surface area contributed by atoms with Gasteiger partial charge in [0.05, 0.1) is 18.1 Å². The molecule has 1 N–H and O–H groups in total. The predicted octanol–water partition coefficient (Wildman–Crippen LogP) is 1.01. The van der Waals surface area contributed by atoms with E-state index in [0.717, 1.165) is 23.4 Å². The standard InChI is InChI=1S/C14H16N6O/c1-3-15-13-10-8-16-19(2)14(10)18-11(17-13)9-20-7-5-4-6-12(20)21/h4-8H,3,9H2,1-2H3,(H,15,17,18). The summed E-state index contributed by atoms with van der Waals surface area (Å²) >= 11 is 0. The van der Waals surface area contributed by atoms with Gasteiger partial charge in [-0.25, -0.2) is 9.97 Å². The van der Waals surface area contributed by atoms with Crippen LogP contribution in [0.4, 0.5) is 5.82 Å². The number of fused-ring (bicyclic) bond motifs is 1. The van der Waals surface area contributed by atoms with E-state index in [1.807, 2.05) is 20.0 Å². The molecule has 0 aliphatic rings. The van der Waals surface area contributed by atoms with Gasteiger partial charge in [0.2, 0.25) is 0 Å². The van der Waals surface area contributed by atoms with Crippen LogP contribution in [0.5, 0.6) is 0 Å². The molecule has 7 nitrogen and oxygen atoms in total. The van der Waals surface area contributed by atoms with Gasteiger partial charge in [-0.1, -0.05) is 6.07 Å². The zero-order chi connectivity index (χ0) is 14.8. The van der Waals surface area contributed by atoms with Crippen LogP contribution in [0.3, 0.4) is 0 Å². The second kappa shape index (κ2) is 5.35. The van der Waals surface area contributed by atoms with E-state index in [0.29, 0.717) is 12.4 Å². The van der Waals surface area contributed by atoms with Gasteiger partial charge in [0.1, 0.15) is 5.82 Å². The SMILES string of the molecule is CCNc1nc(Cn2ccccc2=O)nc2c1cnn2C. The zero-order valence-corrected chi connectivity index (χ0v) is 11.9. The molecule has 0 aromatic carbocycles. The smallest absolute Gasteiger partial charge is 0.250 e. The monoisotopic (exact) mass is 284 g/mol. The van der Waals surface area contributed by atoms with Crippen molar-refractivity contribution in [2.24, 2.45) is 7.05 Å². The first kappa shape index (κ1) is 13.3. The number of rotatable bonds is 4. The van der Waals surface area contributed by atoms with E-state index in [1.165, 1.54) is 6.07 Å². The largest absolute Gasteiger partial charge is 0.370 e. The van der Waals surface area contributed by atoms with Crippen molar-refractivity contribution in [1.29, 1.82) is 0 Å². The lowest BCUT2D eigenvalue weighted by Crippen LogP contribution is -2.20. The van der Waals surface area contributed by atoms with E-state index in [1.54, 1.807) is 27.7 Å². The Kier molecular flexibility index (Phi) is 3.39. The highest BCUT2D eigenvalue weighted by Gasteiger charge is 2.11. The summed E-state index contributed by atoms with van der Waals surface area (Å²) in [4.78, 5) is 20.8. The van der Waals surface area contributed by atoms with Crippen molar-refractivity contribution in [2.45, 2.75) is 13.5 Å². The Morgan fingerprint density at radius 3 is 2.90 bits per heavy atom. The van der Waals surface area contributed by atoms with E-state index in [2.05, 4.69) is 20.4 Å². The second-order valence-electron chi connectivity index (χ2n) is 4.69. The van der Waals surface area contributed by atoms with E-state index in [-0.39, 0.29) is 5.56 Å². The molecule has 0 aliphatic heterocycles. The lowest BCUT2D eigenvalue weighted by molar-refractivity contribution is 0.711. The number of hydrogen-bond acceptors (Lipinski definition) is 5. The normalized spacial score (nSPS) is 11.0. The molecule has 0 saturated heterocycles. The predicted molar refractivity (Wildman–Crippen MR) is 80.3 cm³/mol. The van der Waals surface area contributed by atoms with Gasteiger partial charge in [0, 0.05) is 25.9 Å². The molecule has 3 aromatic heterocycles. The summed E-state index contributed by atoms with van der Waals surface area (Å²) in [6, 6.07) is 5.05. The maximum absolute atomic E-state index is 11.8. The third-order valence-electron chi connectivity index (χ3n) is 3.19. The van der Waals surface area contributed by atoms with Crippen LogP contribution < -0.4 is 10.9 Å². The van der Waals surface area contributed by atoms with Gasteiger partial charge in [-0.3, -0.25) is 9.48 Å². The molecule has 3 rings (SSSR count). The lowest BCUT2D eigenvalue weighted by Gasteiger charge is -2.08. The summed E-state index contributed by atoms with van der Waals surface area (Å²) < 4.78 is 3.28. The van der Waals surface area contributed by atoms with Crippen LogP contribution in [-0.2, 0) is 13.6 Å². The maximum atomic E-state index is 11.8. The molecule has 0 saturated carbocycles. The molecule has 0 aliphatic carbocycles. The number of nitrogens with one attached hydrogen (secondary N) is 1. The summed E-state index contributed by atoms with van der Waals surface area (Å²) in [6.07, 6.45) is 3.47. The number of hydrogen-bond donors (Lipinski definition) is 1. The van der Waals surface area contributed by atoms with Gasteiger partial charge >= 0.3 is 0 Å². The number of nitrogens with zero attached hydrogens (tertiary/aromatic N) is 5. The Labute approximate surface area is 121 Å². The van der Waals surface area contributed by atoms with E-state index >= 15 is 0 Å². The molecule has 0 bridgehead atoms. The van der Waals surface area contributed by atoms with Crippen molar-refractivity contribution in [1.82, 2.24) is 24.3 Å². The van der Waals surface area contributed by atoms with Crippen LogP contribution in [0.1, 0.15) is 12.7 Å². The Hall–Kier alpha value is -2.70. The molecule has 3 aromatic rings. The van der Waals surface area contributed by atoms with Gasteiger partial charge < -0.3 is 9.88 Å². The Balaban J connectivity index is 2.08. The molecule has 21 heavy (non-hydrogen) atoms. The van der Waals surface area contributed by atoms with Crippen LogP contribution in [0, 0.1) is 0 Å². The van der Waals surface area contributed by atoms with Crippen molar-refractivity contribution in [3.63, 3.8) is 0 Å². The van der Waals surface area contributed by atoms with Gasteiger partial charge in [-0.05, 0) is 13.0 Å². The summed E-state index contributed by atoms with van der Waals surface area (Å²) in [5.74, 6) is 1.32. The number of aromatic nitrogens is 5. The molecule has 7 heteroatoms.